The molecule has 0 aliphatic heterocycles. The third kappa shape index (κ3) is 5.20. The lowest BCUT2D eigenvalue weighted by atomic mass is 10.1. The minimum absolute atomic E-state index is 0.536. The van der Waals surface area contributed by atoms with Crippen molar-refractivity contribution in [2.45, 2.75) is 26.4 Å². The number of methoxy groups -OCH3 is 3. The number of nitrogens with zero attached hydrogens (tertiary/aromatic N) is 3. The third-order valence-electron chi connectivity index (χ3n) is 5.15. The van der Waals surface area contributed by atoms with E-state index in [1.54, 1.807) is 28.4 Å². The summed E-state index contributed by atoms with van der Waals surface area (Å²) in [6.45, 7) is 4.26. The van der Waals surface area contributed by atoms with Crippen LogP contribution in [0.3, 0.4) is 0 Å². The minimum Gasteiger partial charge on any atom is -0.496 e. The number of aromatic nitrogens is 2. The van der Waals surface area contributed by atoms with Crippen LogP contribution in [0.25, 0.3) is 11.0 Å². The second-order valence-corrected chi connectivity index (χ2v) is 7.02. The van der Waals surface area contributed by atoms with E-state index in [1.165, 1.54) is 5.52 Å². The zero-order valence-corrected chi connectivity index (χ0v) is 18.9. The summed E-state index contributed by atoms with van der Waals surface area (Å²) in [6, 6.07) is 12.0. The third-order valence-corrected chi connectivity index (χ3v) is 5.15. The molecule has 0 unspecified atom stereocenters. The summed E-state index contributed by atoms with van der Waals surface area (Å²) in [5.74, 6) is 3.77. The van der Waals surface area contributed by atoms with Crippen molar-refractivity contribution in [3.8, 4) is 17.2 Å². The molecule has 0 aliphatic rings. The van der Waals surface area contributed by atoms with Crippen LogP contribution in [0.4, 0.5) is 0 Å². The van der Waals surface area contributed by atoms with Gasteiger partial charge in [0.15, 0.2) is 17.5 Å². The number of rotatable bonds is 9. The fraction of sp³-hybridized carbons (Fsp3) is 0.391. The number of guanidine groups is 1. The number of imidazole rings is 1. The molecule has 1 heterocycles. The topological polar surface area (TPSA) is 81.9 Å². The molecule has 3 aromatic rings. The van der Waals surface area contributed by atoms with Gasteiger partial charge >= 0.3 is 0 Å². The summed E-state index contributed by atoms with van der Waals surface area (Å²) in [5.41, 5.74) is 3.15. The molecule has 8 heteroatoms. The Bertz CT molecular complexity index is 1050. The number of nitrogens with one attached hydrogen (secondary N) is 2. The second-order valence-electron chi connectivity index (χ2n) is 7.02. The second kappa shape index (κ2) is 10.6. The van der Waals surface area contributed by atoms with Crippen molar-refractivity contribution in [3.05, 3.63) is 47.8 Å². The van der Waals surface area contributed by atoms with E-state index in [-0.39, 0.29) is 0 Å². The van der Waals surface area contributed by atoms with Gasteiger partial charge in [-0.3, -0.25) is 4.99 Å². The molecule has 1 aromatic heterocycles. The number of hydrogen-bond acceptors (Lipinski definition) is 5. The average molecular weight is 426 g/mol. The van der Waals surface area contributed by atoms with Crippen LogP contribution in [0.2, 0.25) is 0 Å². The molecule has 0 amide bonds. The maximum absolute atomic E-state index is 5.49. The lowest BCUT2D eigenvalue weighted by Gasteiger charge is -2.16. The molecule has 2 N–H and O–H groups in total. The van der Waals surface area contributed by atoms with E-state index in [0.717, 1.165) is 48.1 Å². The first kappa shape index (κ1) is 22.3. The van der Waals surface area contributed by atoms with E-state index in [9.17, 15) is 0 Å². The molecule has 31 heavy (non-hydrogen) atoms. The summed E-state index contributed by atoms with van der Waals surface area (Å²) in [7, 11) is 6.62. The van der Waals surface area contributed by atoms with E-state index < -0.39 is 0 Å². The number of hydrogen-bond donors (Lipinski definition) is 2. The molecule has 0 radical (unpaired) electrons. The number of ether oxygens (including phenoxy) is 3. The van der Waals surface area contributed by atoms with Crippen molar-refractivity contribution >= 4 is 17.0 Å². The van der Waals surface area contributed by atoms with Gasteiger partial charge in [-0.2, -0.15) is 0 Å². The van der Waals surface area contributed by atoms with E-state index in [2.05, 4.69) is 31.2 Å². The van der Waals surface area contributed by atoms with Gasteiger partial charge in [-0.05, 0) is 31.5 Å². The molecule has 2 aromatic carbocycles. The molecule has 0 atom stereocenters. The number of aryl methyl sites for hydroxylation is 2. The first-order chi connectivity index (χ1) is 15.1. The maximum atomic E-state index is 5.49. The number of para-hydroxylation sites is 2. The SMILES string of the molecule is CN=C(NCCCn1c(C)nc2ccccc21)NCc1cc(OC)c(OC)cc1OC. The standard InChI is InChI=1S/C23H31N5O3/c1-16-27-18-9-6-7-10-19(18)28(16)12-8-11-25-23(24-2)26-15-17-13-21(30-4)22(31-5)14-20(17)29-3/h6-7,9-10,13-14H,8,11-12,15H2,1-5H3,(H2,24,25,26). The van der Waals surface area contributed by atoms with Crippen LogP contribution in [0, 0.1) is 6.92 Å². The van der Waals surface area contributed by atoms with E-state index in [0.29, 0.717) is 18.0 Å². The minimum atomic E-state index is 0.536. The van der Waals surface area contributed by atoms with Crippen LogP contribution in [0.5, 0.6) is 17.2 Å². The highest BCUT2D eigenvalue weighted by molar-refractivity contribution is 5.79. The Morgan fingerprint density at radius 2 is 1.71 bits per heavy atom. The fourth-order valence-electron chi connectivity index (χ4n) is 3.55. The molecule has 3 rings (SSSR count). The van der Waals surface area contributed by atoms with Crippen molar-refractivity contribution in [2.24, 2.45) is 4.99 Å². The first-order valence-corrected chi connectivity index (χ1v) is 10.3. The van der Waals surface area contributed by atoms with Crippen LogP contribution in [0.15, 0.2) is 41.4 Å². The van der Waals surface area contributed by atoms with Crippen LogP contribution in [-0.4, -0.2) is 50.4 Å². The Kier molecular flexibility index (Phi) is 7.59. The van der Waals surface area contributed by atoms with E-state index in [4.69, 9.17) is 14.2 Å². The summed E-state index contributed by atoms with van der Waals surface area (Å²) < 4.78 is 18.5. The number of aliphatic imine (C=N–C) groups is 1. The molecule has 0 saturated carbocycles. The highest BCUT2D eigenvalue weighted by Gasteiger charge is 2.12. The molecular formula is C23H31N5O3. The fourth-order valence-corrected chi connectivity index (χ4v) is 3.55. The van der Waals surface area contributed by atoms with Crippen LogP contribution >= 0.6 is 0 Å². The Hall–Kier alpha value is -3.42. The Morgan fingerprint density at radius 3 is 2.42 bits per heavy atom. The molecule has 0 fully saturated rings. The van der Waals surface area contributed by atoms with Crippen molar-refractivity contribution in [1.29, 1.82) is 0 Å². The normalized spacial score (nSPS) is 11.5. The quantitative estimate of drug-likeness (QED) is 0.311. The molecule has 0 bridgehead atoms. The molecular weight excluding hydrogens is 394 g/mol. The number of fused-ring (bicyclic) bond motifs is 1. The largest absolute Gasteiger partial charge is 0.496 e. The highest BCUT2D eigenvalue weighted by Crippen LogP contribution is 2.34. The molecule has 166 valence electrons. The molecule has 0 aliphatic carbocycles. The smallest absolute Gasteiger partial charge is 0.191 e. The van der Waals surface area contributed by atoms with Crippen molar-refractivity contribution in [3.63, 3.8) is 0 Å². The van der Waals surface area contributed by atoms with Gasteiger partial charge in [-0.15, -0.1) is 0 Å². The van der Waals surface area contributed by atoms with Gasteiger partial charge < -0.3 is 29.4 Å². The Balaban J connectivity index is 1.55. The van der Waals surface area contributed by atoms with Crippen molar-refractivity contribution in [1.82, 2.24) is 20.2 Å². The maximum Gasteiger partial charge on any atom is 0.191 e. The summed E-state index contributed by atoms with van der Waals surface area (Å²) in [4.78, 5) is 8.94. The van der Waals surface area contributed by atoms with Crippen molar-refractivity contribution in [2.75, 3.05) is 34.9 Å². The van der Waals surface area contributed by atoms with Gasteiger partial charge in [0.1, 0.15) is 11.6 Å². The molecule has 0 saturated heterocycles. The zero-order valence-electron chi connectivity index (χ0n) is 18.9. The van der Waals surface area contributed by atoms with Gasteiger partial charge in [-0.25, -0.2) is 4.98 Å². The summed E-state index contributed by atoms with van der Waals surface area (Å²) in [6.07, 6.45) is 0.946. The monoisotopic (exact) mass is 425 g/mol. The lowest BCUT2D eigenvalue weighted by Crippen LogP contribution is -2.37. The first-order valence-electron chi connectivity index (χ1n) is 10.3. The molecule has 8 nitrogen and oxygen atoms in total. The number of benzene rings is 2. The molecule has 0 spiro atoms. The summed E-state index contributed by atoms with van der Waals surface area (Å²) >= 11 is 0. The van der Waals surface area contributed by atoms with Gasteiger partial charge in [-0.1, -0.05) is 12.1 Å². The Labute approximate surface area is 183 Å². The highest BCUT2D eigenvalue weighted by atomic mass is 16.5. The zero-order chi connectivity index (χ0) is 22.2. The van der Waals surface area contributed by atoms with Gasteiger partial charge in [0.2, 0.25) is 0 Å². The van der Waals surface area contributed by atoms with Crippen LogP contribution in [0.1, 0.15) is 17.8 Å². The lowest BCUT2D eigenvalue weighted by molar-refractivity contribution is 0.347. The van der Waals surface area contributed by atoms with Gasteiger partial charge in [0.05, 0.1) is 32.4 Å². The van der Waals surface area contributed by atoms with E-state index in [1.807, 2.05) is 37.3 Å². The van der Waals surface area contributed by atoms with E-state index >= 15 is 0 Å². The predicted octanol–water partition coefficient (Wildman–Crippen LogP) is 3.13. The average Bonchev–Trinajstić information content (AvgIpc) is 3.12. The predicted molar refractivity (Wildman–Crippen MR) is 123 cm³/mol. The van der Waals surface area contributed by atoms with Crippen molar-refractivity contribution < 1.29 is 14.2 Å². The Morgan fingerprint density at radius 1 is 1.00 bits per heavy atom. The van der Waals surface area contributed by atoms with Crippen LogP contribution < -0.4 is 24.8 Å². The van der Waals surface area contributed by atoms with Crippen LogP contribution in [-0.2, 0) is 13.1 Å². The van der Waals surface area contributed by atoms with Gasteiger partial charge in [0, 0.05) is 38.3 Å². The summed E-state index contributed by atoms with van der Waals surface area (Å²) in [5, 5.41) is 6.69. The van der Waals surface area contributed by atoms with Gasteiger partial charge in [0.25, 0.3) is 0 Å².